The molecule has 0 N–H and O–H groups in total. The predicted octanol–water partition coefficient (Wildman–Crippen LogP) is 3.96. The van der Waals surface area contributed by atoms with Gasteiger partial charge in [0.2, 0.25) is 0 Å². The van der Waals surface area contributed by atoms with Crippen LogP contribution in [0.4, 0.5) is 0 Å². The summed E-state index contributed by atoms with van der Waals surface area (Å²) in [7, 11) is 1.51. The van der Waals surface area contributed by atoms with Crippen molar-refractivity contribution in [2.24, 2.45) is 11.3 Å². The van der Waals surface area contributed by atoms with Gasteiger partial charge in [0, 0.05) is 24.1 Å². The second-order valence-electron chi connectivity index (χ2n) is 6.82. The molecule has 0 bridgehead atoms. The first-order valence-electron chi connectivity index (χ1n) is 8.62. The third-order valence-electron chi connectivity index (χ3n) is 5.16. The van der Waals surface area contributed by atoms with E-state index in [1.165, 1.54) is 18.2 Å². The number of methoxy groups -OCH3 is 1. The zero-order valence-electron chi connectivity index (χ0n) is 14.5. The van der Waals surface area contributed by atoms with Gasteiger partial charge in [-0.15, -0.1) is 0 Å². The SMILES string of the molecule is COC(=O)[C@]1(Cc2ccccc2)CN(Cc2ccccc2)C[C@H]1CI. The van der Waals surface area contributed by atoms with Gasteiger partial charge in [0.25, 0.3) is 0 Å². The van der Waals surface area contributed by atoms with Gasteiger partial charge in [0.1, 0.15) is 0 Å². The molecule has 0 radical (unpaired) electrons. The number of likely N-dealkylation sites (tertiary alicyclic amines) is 1. The highest BCUT2D eigenvalue weighted by molar-refractivity contribution is 14.1. The number of hydrogen-bond acceptors (Lipinski definition) is 3. The molecule has 3 rings (SSSR count). The van der Waals surface area contributed by atoms with Crippen LogP contribution in [0.25, 0.3) is 0 Å². The van der Waals surface area contributed by atoms with E-state index in [0.717, 1.165) is 30.5 Å². The van der Waals surface area contributed by atoms with Crippen molar-refractivity contribution in [1.82, 2.24) is 4.90 Å². The van der Waals surface area contributed by atoms with Gasteiger partial charge in [-0.25, -0.2) is 0 Å². The largest absolute Gasteiger partial charge is 0.469 e. The maximum absolute atomic E-state index is 12.9. The number of benzene rings is 2. The molecule has 0 saturated carbocycles. The van der Waals surface area contributed by atoms with Gasteiger partial charge in [0.15, 0.2) is 0 Å². The molecule has 2 aromatic rings. The lowest BCUT2D eigenvalue weighted by atomic mass is 9.74. The van der Waals surface area contributed by atoms with Crippen LogP contribution in [0.3, 0.4) is 0 Å². The van der Waals surface area contributed by atoms with Crippen LogP contribution in [-0.4, -0.2) is 35.5 Å². The average Bonchev–Trinajstić information content (AvgIpc) is 3.00. The molecule has 0 aromatic heterocycles. The maximum atomic E-state index is 12.9. The molecule has 3 nitrogen and oxygen atoms in total. The number of rotatable bonds is 6. The smallest absolute Gasteiger partial charge is 0.313 e. The highest BCUT2D eigenvalue weighted by Crippen LogP contribution is 2.42. The van der Waals surface area contributed by atoms with Crippen LogP contribution in [0.5, 0.6) is 0 Å². The zero-order valence-corrected chi connectivity index (χ0v) is 16.7. The first kappa shape index (κ1) is 18.4. The van der Waals surface area contributed by atoms with Crippen LogP contribution in [0, 0.1) is 11.3 Å². The van der Waals surface area contributed by atoms with Crippen LogP contribution >= 0.6 is 22.6 Å². The van der Waals surface area contributed by atoms with Gasteiger partial charge >= 0.3 is 5.97 Å². The lowest BCUT2D eigenvalue weighted by Crippen LogP contribution is -2.42. The molecule has 0 unspecified atom stereocenters. The van der Waals surface area contributed by atoms with Crippen LogP contribution in [0.1, 0.15) is 11.1 Å². The van der Waals surface area contributed by atoms with Gasteiger partial charge in [0.05, 0.1) is 12.5 Å². The van der Waals surface area contributed by atoms with E-state index < -0.39 is 5.41 Å². The van der Waals surface area contributed by atoms with Crippen LogP contribution in [-0.2, 0) is 22.5 Å². The van der Waals surface area contributed by atoms with Gasteiger partial charge in [-0.3, -0.25) is 9.69 Å². The van der Waals surface area contributed by atoms with Gasteiger partial charge in [-0.05, 0) is 23.5 Å². The third kappa shape index (κ3) is 4.06. The Morgan fingerprint density at radius 3 is 2.28 bits per heavy atom. The molecule has 0 amide bonds. The Labute approximate surface area is 163 Å². The molecule has 132 valence electrons. The lowest BCUT2D eigenvalue weighted by molar-refractivity contribution is -0.154. The molecule has 0 spiro atoms. The quantitative estimate of drug-likeness (QED) is 0.380. The lowest BCUT2D eigenvalue weighted by Gasteiger charge is -2.31. The van der Waals surface area contributed by atoms with Crippen molar-refractivity contribution >= 4 is 28.6 Å². The Hall–Kier alpha value is -1.40. The highest BCUT2D eigenvalue weighted by atomic mass is 127. The van der Waals surface area contributed by atoms with Crippen LogP contribution in [0.2, 0.25) is 0 Å². The Bertz CT molecular complexity index is 692. The molecule has 0 aliphatic carbocycles. The van der Waals surface area contributed by atoms with E-state index in [-0.39, 0.29) is 5.97 Å². The summed E-state index contributed by atoms with van der Waals surface area (Å²) in [5, 5.41) is 0. The van der Waals surface area contributed by atoms with Crippen LogP contribution < -0.4 is 0 Å². The van der Waals surface area contributed by atoms with Crippen molar-refractivity contribution in [2.45, 2.75) is 13.0 Å². The molecule has 25 heavy (non-hydrogen) atoms. The standard InChI is InChI=1S/C21H24INO2/c1-25-20(24)21(12-17-8-4-2-5-9-17)16-23(15-19(21)13-22)14-18-10-6-3-7-11-18/h2-11,19H,12-16H2,1H3/t19-,21-/m1/s1. The number of alkyl halides is 1. The maximum Gasteiger partial charge on any atom is 0.313 e. The van der Waals surface area contributed by atoms with Crippen molar-refractivity contribution in [1.29, 1.82) is 0 Å². The summed E-state index contributed by atoms with van der Waals surface area (Å²) in [6.45, 7) is 2.55. The van der Waals surface area contributed by atoms with E-state index in [9.17, 15) is 4.79 Å². The fourth-order valence-corrected chi connectivity index (χ4v) is 5.03. The number of nitrogens with zero attached hydrogens (tertiary/aromatic N) is 1. The summed E-state index contributed by atoms with van der Waals surface area (Å²) in [6.07, 6.45) is 0.736. The number of hydrogen-bond donors (Lipinski definition) is 0. The predicted molar refractivity (Wildman–Crippen MR) is 109 cm³/mol. The second kappa shape index (κ2) is 8.32. The van der Waals surface area contributed by atoms with E-state index in [1.807, 2.05) is 24.3 Å². The molecule has 1 fully saturated rings. The van der Waals surface area contributed by atoms with Crippen molar-refractivity contribution in [2.75, 3.05) is 24.6 Å². The zero-order chi connectivity index (χ0) is 17.7. The average molecular weight is 449 g/mol. The fourth-order valence-electron chi connectivity index (χ4n) is 3.90. The van der Waals surface area contributed by atoms with Gasteiger partial charge in [-0.2, -0.15) is 0 Å². The van der Waals surface area contributed by atoms with E-state index in [4.69, 9.17) is 4.74 Å². The number of ether oxygens (including phenoxy) is 1. The normalized spacial score (nSPS) is 23.5. The highest BCUT2D eigenvalue weighted by Gasteiger charge is 2.52. The molecule has 1 aliphatic heterocycles. The first-order chi connectivity index (χ1) is 12.2. The van der Waals surface area contributed by atoms with Crippen molar-refractivity contribution < 1.29 is 9.53 Å². The van der Waals surface area contributed by atoms with E-state index in [2.05, 4.69) is 63.9 Å². The molecule has 2 atom stereocenters. The number of carbonyl (C=O) groups is 1. The Kier molecular flexibility index (Phi) is 6.12. The van der Waals surface area contributed by atoms with E-state index in [1.54, 1.807) is 0 Å². The molecule has 4 heteroatoms. The summed E-state index contributed by atoms with van der Waals surface area (Å²) in [4.78, 5) is 15.3. The molecule has 1 saturated heterocycles. The first-order valence-corrected chi connectivity index (χ1v) is 10.1. The third-order valence-corrected chi connectivity index (χ3v) is 6.22. The van der Waals surface area contributed by atoms with E-state index in [0.29, 0.717) is 5.92 Å². The summed E-state index contributed by atoms with van der Waals surface area (Å²) >= 11 is 2.41. The molecule has 1 aliphatic rings. The molecule has 1 heterocycles. The summed E-state index contributed by atoms with van der Waals surface area (Å²) in [5.41, 5.74) is 2.02. The summed E-state index contributed by atoms with van der Waals surface area (Å²) in [5.74, 6) is 0.220. The number of halogens is 1. The molecule has 2 aromatic carbocycles. The van der Waals surface area contributed by atoms with Crippen molar-refractivity contribution in [3.05, 3.63) is 71.8 Å². The number of carbonyl (C=O) groups excluding carboxylic acids is 1. The molecular formula is C21H24INO2. The molecular weight excluding hydrogens is 425 g/mol. The number of esters is 1. The van der Waals surface area contributed by atoms with Crippen molar-refractivity contribution in [3.63, 3.8) is 0 Å². The minimum Gasteiger partial charge on any atom is -0.469 e. The Balaban J connectivity index is 1.86. The fraction of sp³-hybridized carbons (Fsp3) is 0.381. The van der Waals surface area contributed by atoms with Gasteiger partial charge < -0.3 is 4.74 Å². The summed E-state index contributed by atoms with van der Waals surface area (Å²) in [6, 6.07) is 20.8. The monoisotopic (exact) mass is 449 g/mol. The minimum absolute atomic E-state index is 0.0754. The van der Waals surface area contributed by atoms with Crippen molar-refractivity contribution in [3.8, 4) is 0 Å². The topological polar surface area (TPSA) is 29.5 Å². The Morgan fingerprint density at radius 1 is 1.12 bits per heavy atom. The summed E-state index contributed by atoms with van der Waals surface area (Å²) < 4.78 is 6.22. The Morgan fingerprint density at radius 2 is 1.72 bits per heavy atom. The minimum atomic E-state index is -0.466. The van der Waals surface area contributed by atoms with Gasteiger partial charge in [-0.1, -0.05) is 83.3 Å². The van der Waals surface area contributed by atoms with E-state index >= 15 is 0 Å². The van der Waals surface area contributed by atoms with Crippen LogP contribution in [0.15, 0.2) is 60.7 Å². The second-order valence-corrected chi connectivity index (χ2v) is 7.70.